The Morgan fingerprint density at radius 2 is 1.76 bits per heavy atom. The van der Waals surface area contributed by atoms with Crippen LogP contribution in [0.2, 0.25) is 5.02 Å². The third kappa shape index (κ3) is 5.98. The number of fused-ring (bicyclic) bond motifs is 2. The van der Waals surface area contributed by atoms with E-state index < -0.39 is 53.2 Å². The van der Waals surface area contributed by atoms with Gasteiger partial charge in [0.1, 0.15) is 16.8 Å². The highest BCUT2D eigenvalue weighted by molar-refractivity contribution is 8.00. The number of rotatable bonds is 8. The van der Waals surface area contributed by atoms with Gasteiger partial charge in [0.25, 0.3) is 5.91 Å². The van der Waals surface area contributed by atoms with E-state index in [1.165, 1.54) is 48.5 Å². The maximum atomic E-state index is 14.1. The number of halogens is 2. The summed E-state index contributed by atoms with van der Waals surface area (Å²) in [6, 6.07) is 15.9. The van der Waals surface area contributed by atoms with E-state index in [2.05, 4.69) is 10.3 Å². The summed E-state index contributed by atoms with van der Waals surface area (Å²) >= 11 is 8.44. The SMILES string of the molecule is CCOC(=O)c1ccc(N2C(=O)C3Sc4[nH]c(=O)sc4[C@H](c4cc(Cl)ccc4OCC(=O)Nc4ccc(F)cc4)C3C2=O)cc1. The maximum Gasteiger partial charge on any atom is 0.338 e. The number of thioether (sulfide) groups is 1. The Morgan fingerprint density at radius 1 is 1.02 bits per heavy atom. The number of thiazole rings is 1. The molecule has 6 rings (SSSR count). The Labute approximate surface area is 268 Å². The Hall–Kier alpha value is -4.46. The number of imide groups is 1. The smallest absolute Gasteiger partial charge is 0.338 e. The Balaban J connectivity index is 1.33. The van der Waals surface area contributed by atoms with Gasteiger partial charge in [-0.1, -0.05) is 34.7 Å². The van der Waals surface area contributed by atoms with E-state index in [1.807, 2.05) is 0 Å². The highest BCUT2D eigenvalue weighted by atomic mass is 35.5. The van der Waals surface area contributed by atoms with Crippen molar-refractivity contribution in [3.05, 3.63) is 103 Å². The predicted octanol–water partition coefficient (Wildman–Crippen LogP) is 5.22. The van der Waals surface area contributed by atoms with E-state index in [0.717, 1.165) is 28.0 Å². The first-order chi connectivity index (χ1) is 21.6. The summed E-state index contributed by atoms with van der Waals surface area (Å²) in [6.45, 7) is 1.46. The molecule has 230 valence electrons. The van der Waals surface area contributed by atoms with E-state index in [4.69, 9.17) is 21.1 Å². The van der Waals surface area contributed by atoms with Crippen LogP contribution in [0.5, 0.6) is 5.75 Å². The van der Waals surface area contributed by atoms with Crippen molar-refractivity contribution in [2.24, 2.45) is 5.92 Å². The van der Waals surface area contributed by atoms with Crippen LogP contribution in [0.3, 0.4) is 0 Å². The molecule has 1 aromatic heterocycles. The molecule has 2 aliphatic rings. The Bertz CT molecular complexity index is 1880. The molecule has 4 aromatic rings. The second-order valence-corrected chi connectivity index (χ2v) is 12.7. The average Bonchev–Trinajstić information content (AvgIpc) is 3.51. The number of hydrogen-bond donors (Lipinski definition) is 2. The third-order valence-corrected chi connectivity index (χ3v) is 9.89. The van der Waals surface area contributed by atoms with Crippen molar-refractivity contribution in [3.63, 3.8) is 0 Å². The number of H-pyrrole nitrogens is 1. The van der Waals surface area contributed by atoms with Crippen molar-refractivity contribution in [2.45, 2.75) is 23.1 Å². The summed E-state index contributed by atoms with van der Waals surface area (Å²) in [5.41, 5.74) is 1.35. The molecule has 1 fully saturated rings. The number of aromatic nitrogens is 1. The van der Waals surface area contributed by atoms with Crippen molar-refractivity contribution >= 4 is 69.8 Å². The lowest BCUT2D eigenvalue weighted by Gasteiger charge is -2.31. The molecule has 3 heterocycles. The molecule has 0 aliphatic carbocycles. The Morgan fingerprint density at radius 3 is 2.47 bits per heavy atom. The summed E-state index contributed by atoms with van der Waals surface area (Å²) in [5, 5.41) is 2.50. The fourth-order valence-electron chi connectivity index (χ4n) is 5.34. The zero-order chi connectivity index (χ0) is 31.8. The van der Waals surface area contributed by atoms with Crippen molar-refractivity contribution in [1.82, 2.24) is 4.98 Å². The van der Waals surface area contributed by atoms with Crippen molar-refractivity contribution in [1.29, 1.82) is 0 Å². The molecule has 0 saturated carbocycles. The molecular weight excluding hydrogens is 645 g/mol. The summed E-state index contributed by atoms with van der Waals surface area (Å²) in [5.74, 6) is -4.00. The van der Waals surface area contributed by atoms with Crippen LogP contribution in [0.25, 0.3) is 0 Å². The number of hydrogen-bond acceptors (Lipinski definition) is 9. The number of nitrogens with one attached hydrogen (secondary N) is 2. The van der Waals surface area contributed by atoms with Crippen LogP contribution in [-0.4, -0.2) is 47.1 Å². The fraction of sp³-hybridized carbons (Fsp3) is 0.194. The van der Waals surface area contributed by atoms with Crippen LogP contribution >= 0.6 is 34.7 Å². The van der Waals surface area contributed by atoms with Crippen LogP contribution in [0.1, 0.15) is 33.6 Å². The quantitative estimate of drug-likeness (QED) is 0.193. The van der Waals surface area contributed by atoms with Crippen molar-refractivity contribution < 1.29 is 33.0 Å². The van der Waals surface area contributed by atoms with Gasteiger partial charge >= 0.3 is 10.8 Å². The summed E-state index contributed by atoms with van der Waals surface area (Å²) in [7, 11) is 0. The van der Waals surface area contributed by atoms with Gasteiger partial charge in [0.15, 0.2) is 6.61 Å². The van der Waals surface area contributed by atoms with E-state index in [9.17, 15) is 28.4 Å². The summed E-state index contributed by atoms with van der Waals surface area (Å²) in [4.78, 5) is 69.2. The van der Waals surface area contributed by atoms with Gasteiger partial charge < -0.3 is 19.8 Å². The zero-order valence-electron chi connectivity index (χ0n) is 23.4. The molecule has 0 spiro atoms. The van der Waals surface area contributed by atoms with Crippen molar-refractivity contribution in [2.75, 3.05) is 23.4 Å². The number of benzene rings is 3. The number of esters is 1. The highest BCUT2D eigenvalue weighted by Gasteiger charge is 2.57. The fourth-order valence-corrected chi connectivity index (χ4v) is 8.02. The largest absolute Gasteiger partial charge is 0.483 e. The first kappa shape index (κ1) is 30.6. The third-order valence-electron chi connectivity index (χ3n) is 7.25. The van der Waals surface area contributed by atoms with E-state index in [1.54, 1.807) is 25.1 Å². The number of aromatic amines is 1. The number of anilines is 2. The first-order valence-electron chi connectivity index (χ1n) is 13.7. The van der Waals surface area contributed by atoms with Gasteiger partial charge in [0.05, 0.1) is 28.8 Å². The molecule has 2 unspecified atom stereocenters. The standard InChI is InChI=1S/C31H23ClFN3O7S2/c1-2-42-30(40)15-3-10-19(11-4-15)36-28(38)24-23(25-27(35-31(41)45-25)44-26(24)29(36)39)20-13-16(32)5-12-21(20)43-14-22(37)34-18-8-6-17(33)7-9-18/h3-13,23-24,26H,2,14H2,1H3,(H,34,37)(H,35,41)/t23-,24?,26?/m1/s1. The average molecular weight is 668 g/mol. The number of nitrogens with zero attached hydrogens (tertiary/aromatic N) is 1. The molecular formula is C31H23ClFN3O7S2. The monoisotopic (exact) mass is 667 g/mol. The van der Waals surface area contributed by atoms with E-state index in [-0.39, 0.29) is 28.5 Å². The highest BCUT2D eigenvalue weighted by Crippen LogP contribution is 2.54. The normalized spacial score (nSPS) is 18.7. The minimum atomic E-state index is -0.944. The van der Waals surface area contributed by atoms with Gasteiger partial charge in [-0.3, -0.25) is 19.2 Å². The molecule has 3 aromatic carbocycles. The van der Waals surface area contributed by atoms with Crippen LogP contribution in [0.4, 0.5) is 15.8 Å². The summed E-state index contributed by atoms with van der Waals surface area (Å²) < 4.78 is 24.2. The first-order valence-corrected chi connectivity index (χ1v) is 15.7. The zero-order valence-corrected chi connectivity index (χ0v) is 25.8. The molecule has 0 radical (unpaired) electrons. The molecule has 14 heteroatoms. The molecule has 3 atom stereocenters. The van der Waals surface area contributed by atoms with Gasteiger partial charge in [-0.2, -0.15) is 0 Å². The molecule has 1 saturated heterocycles. The molecule has 10 nitrogen and oxygen atoms in total. The van der Waals surface area contributed by atoms with Crippen LogP contribution in [0, 0.1) is 11.7 Å². The van der Waals surface area contributed by atoms with Gasteiger partial charge in [-0.15, -0.1) is 0 Å². The van der Waals surface area contributed by atoms with Gasteiger partial charge in [-0.05, 0) is 73.7 Å². The molecule has 0 bridgehead atoms. The number of amides is 3. The molecule has 45 heavy (non-hydrogen) atoms. The number of carbonyl (C=O) groups is 4. The molecule has 2 N–H and O–H groups in total. The molecule has 2 aliphatic heterocycles. The Kier molecular flexibility index (Phi) is 8.49. The topological polar surface area (TPSA) is 135 Å². The second-order valence-electron chi connectivity index (χ2n) is 10.1. The predicted molar refractivity (Wildman–Crippen MR) is 167 cm³/mol. The number of carbonyl (C=O) groups excluding carboxylic acids is 4. The second kappa shape index (κ2) is 12.5. The van der Waals surface area contributed by atoms with Gasteiger partial charge in [-0.25, -0.2) is 14.1 Å². The van der Waals surface area contributed by atoms with Gasteiger partial charge in [0.2, 0.25) is 11.8 Å². The lowest BCUT2D eigenvalue weighted by atomic mass is 9.82. The lowest BCUT2D eigenvalue weighted by Crippen LogP contribution is -2.32. The van der Waals surface area contributed by atoms with Crippen LogP contribution < -0.4 is 19.8 Å². The van der Waals surface area contributed by atoms with Gasteiger partial charge in [0, 0.05) is 27.1 Å². The summed E-state index contributed by atoms with van der Waals surface area (Å²) in [6.07, 6.45) is 0. The number of ether oxygens (including phenoxy) is 2. The van der Waals surface area contributed by atoms with Crippen LogP contribution in [0.15, 0.2) is 76.6 Å². The van der Waals surface area contributed by atoms with Crippen LogP contribution in [-0.2, 0) is 19.1 Å². The minimum Gasteiger partial charge on any atom is -0.483 e. The van der Waals surface area contributed by atoms with E-state index in [0.29, 0.717) is 26.2 Å². The van der Waals surface area contributed by atoms with E-state index >= 15 is 0 Å². The molecule has 3 amide bonds. The van der Waals surface area contributed by atoms with Crippen molar-refractivity contribution in [3.8, 4) is 5.75 Å². The lowest BCUT2D eigenvalue weighted by molar-refractivity contribution is -0.122. The maximum absolute atomic E-state index is 14.1. The minimum absolute atomic E-state index is 0.200.